The standard InChI is InChI=1S/C19H25F5N2O2.ClH/c20-18(21,14-25-13-17(27)26-9-2-1-3-10-26)15-6-4-7-16(12-15)28-11-5-8-19(22,23)24;/h4,6-7,12,25H,1-3,5,8-11,13-14H2;1H. The lowest BCUT2D eigenvalue weighted by atomic mass is 10.1. The van der Waals surface area contributed by atoms with Crippen molar-refractivity contribution in [2.75, 3.05) is 32.8 Å². The Hall–Kier alpha value is -1.61. The third kappa shape index (κ3) is 9.16. The molecule has 1 heterocycles. The summed E-state index contributed by atoms with van der Waals surface area (Å²) in [5.74, 6) is -3.35. The van der Waals surface area contributed by atoms with Gasteiger partial charge in [-0.05, 0) is 37.8 Å². The van der Waals surface area contributed by atoms with Gasteiger partial charge in [0, 0.05) is 25.1 Å². The van der Waals surface area contributed by atoms with Gasteiger partial charge >= 0.3 is 6.18 Å². The zero-order valence-electron chi connectivity index (χ0n) is 15.9. The van der Waals surface area contributed by atoms with Crippen molar-refractivity contribution in [2.24, 2.45) is 0 Å². The highest BCUT2D eigenvalue weighted by Gasteiger charge is 2.32. The highest BCUT2D eigenvalue weighted by molar-refractivity contribution is 5.85. The van der Waals surface area contributed by atoms with Crippen molar-refractivity contribution in [2.45, 2.75) is 44.2 Å². The minimum atomic E-state index is -4.27. The maximum Gasteiger partial charge on any atom is 0.389 e. The Bertz CT molecular complexity index is 637. The summed E-state index contributed by atoms with van der Waals surface area (Å²) in [6.07, 6.45) is -2.57. The van der Waals surface area contributed by atoms with E-state index in [0.29, 0.717) is 13.1 Å². The fraction of sp³-hybridized carbons (Fsp3) is 0.632. The lowest BCUT2D eigenvalue weighted by Crippen LogP contribution is -2.43. The van der Waals surface area contributed by atoms with Gasteiger partial charge in [-0.25, -0.2) is 0 Å². The molecule has 0 aromatic heterocycles. The number of nitrogens with zero attached hydrogens (tertiary/aromatic N) is 1. The molecule has 2 rings (SSSR count). The molecule has 0 spiro atoms. The van der Waals surface area contributed by atoms with E-state index in [1.54, 1.807) is 4.90 Å². The number of hydrogen-bond acceptors (Lipinski definition) is 3. The quantitative estimate of drug-likeness (QED) is 0.449. The minimum absolute atomic E-state index is 0. The van der Waals surface area contributed by atoms with E-state index in [0.717, 1.165) is 25.3 Å². The molecule has 0 saturated carbocycles. The van der Waals surface area contributed by atoms with Crippen molar-refractivity contribution >= 4 is 18.3 Å². The van der Waals surface area contributed by atoms with Crippen LogP contribution in [0.2, 0.25) is 0 Å². The van der Waals surface area contributed by atoms with Crippen LogP contribution in [-0.2, 0) is 10.7 Å². The second-order valence-electron chi connectivity index (χ2n) is 6.84. The van der Waals surface area contributed by atoms with Gasteiger partial charge in [0.15, 0.2) is 0 Å². The number of hydrogen-bond donors (Lipinski definition) is 1. The summed E-state index contributed by atoms with van der Waals surface area (Å²) in [5.41, 5.74) is -0.321. The third-order valence-corrected chi connectivity index (χ3v) is 4.46. The van der Waals surface area contributed by atoms with Crippen LogP contribution < -0.4 is 10.1 Å². The molecule has 1 N–H and O–H groups in total. The normalized spacial score (nSPS) is 15.0. The number of alkyl halides is 5. The van der Waals surface area contributed by atoms with E-state index in [1.165, 1.54) is 18.2 Å². The molecule has 1 saturated heterocycles. The monoisotopic (exact) mass is 444 g/mol. The summed E-state index contributed by atoms with van der Waals surface area (Å²) in [6, 6.07) is 5.11. The Kier molecular flexibility index (Phi) is 10.1. The summed E-state index contributed by atoms with van der Waals surface area (Å²) in [5, 5.41) is 2.50. The summed E-state index contributed by atoms with van der Waals surface area (Å²) in [6.45, 7) is 0.222. The van der Waals surface area contributed by atoms with Crippen molar-refractivity contribution in [1.82, 2.24) is 10.2 Å². The van der Waals surface area contributed by atoms with E-state index in [2.05, 4.69) is 5.32 Å². The number of carbonyl (C=O) groups excluding carboxylic acids is 1. The number of likely N-dealkylation sites (tertiary alicyclic amines) is 1. The van der Waals surface area contributed by atoms with Gasteiger partial charge in [-0.2, -0.15) is 22.0 Å². The maximum atomic E-state index is 14.4. The molecule has 0 unspecified atom stereocenters. The zero-order chi connectivity index (χ0) is 20.6. The molecule has 166 valence electrons. The summed E-state index contributed by atoms with van der Waals surface area (Å²) in [7, 11) is 0. The first-order valence-corrected chi connectivity index (χ1v) is 9.34. The summed E-state index contributed by atoms with van der Waals surface area (Å²) >= 11 is 0. The summed E-state index contributed by atoms with van der Waals surface area (Å²) in [4.78, 5) is 13.7. The molecule has 0 radical (unpaired) electrons. The fourth-order valence-corrected chi connectivity index (χ4v) is 2.96. The number of nitrogens with one attached hydrogen (secondary N) is 1. The van der Waals surface area contributed by atoms with Gasteiger partial charge in [-0.15, -0.1) is 12.4 Å². The Balaban J connectivity index is 0.00000420. The van der Waals surface area contributed by atoms with Crippen molar-refractivity contribution in [3.63, 3.8) is 0 Å². The van der Waals surface area contributed by atoms with Gasteiger partial charge < -0.3 is 15.0 Å². The van der Waals surface area contributed by atoms with Crippen LogP contribution in [0.25, 0.3) is 0 Å². The lowest BCUT2D eigenvalue weighted by Gasteiger charge is -2.27. The Morgan fingerprint density at radius 2 is 1.79 bits per heavy atom. The number of ether oxygens (including phenoxy) is 1. The molecule has 1 aliphatic heterocycles. The van der Waals surface area contributed by atoms with Crippen LogP contribution in [0.5, 0.6) is 5.75 Å². The molecular formula is C19H26ClF5N2O2. The van der Waals surface area contributed by atoms with Crippen LogP contribution in [0.3, 0.4) is 0 Å². The van der Waals surface area contributed by atoms with Crippen molar-refractivity contribution in [3.05, 3.63) is 29.8 Å². The molecule has 0 bridgehead atoms. The summed E-state index contributed by atoms with van der Waals surface area (Å²) < 4.78 is 70.2. The first-order chi connectivity index (χ1) is 13.2. The predicted octanol–water partition coefficient (Wildman–Crippen LogP) is 4.52. The predicted molar refractivity (Wildman–Crippen MR) is 102 cm³/mol. The van der Waals surface area contributed by atoms with Gasteiger partial charge in [0.1, 0.15) is 5.75 Å². The van der Waals surface area contributed by atoms with Crippen LogP contribution in [0.1, 0.15) is 37.7 Å². The number of carbonyl (C=O) groups is 1. The van der Waals surface area contributed by atoms with Crippen LogP contribution in [0, 0.1) is 0 Å². The lowest BCUT2D eigenvalue weighted by molar-refractivity contribution is -0.136. The SMILES string of the molecule is Cl.O=C(CNCC(F)(F)c1cccc(OCCCC(F)(F)F)c1)N1CCCCC1. The van der Waals surface area contributed by atoms with Gasteiger partial charge in [-0.1, -0.05) is 12.1 Å². The van der Waals surface area contributed by atoms with Crippen LogP contribution >= 0.6 is 12.4 Å². The first kappa shape index (κ1) is 25.4. The number of benzene rings is 1. The van der Waals surface area contributed by atoms with Crippen LogP contribution in [-0.4, -0.2) is 49.8 Å². The van der Waals surface area contributed by atoms with Crippen molar-refractivity contribution in [3.8, 4) is 5.75 Å². The van der Waals surface area contributed by atoms with Crippen molar-refractivity contribution in [1.29, 1.82) is 0 Å². The average molecular weight is 445 g/mol. The first-order valence-electron chi connectivity index (χ1n) is 9.34. The number of rotatable bonds is 9. The maximum absolute atomic E-state index is 14.4. The molecule has 4 nitrogen and oxygen atoms in total. The molecule has 1 amide bonds. The van der Waals surface area contributed by atoms with E-state index in [1.807, 2.05) is 0 Å². The van der Waals surface area contributed by atoms with Crippen molar-refractivity contribution < 1.29 is 31.5 Å². The Morgan fingerprint density at radius 1 is 1.10 bits per heavy atom. The molecule has 29 heavy (non-hydrogen) atoms. The van der Waals surface area contributed by atoms with Crippen LogP contribution in [0.4, 0.5) is 22.0 Å². The molecular weight excluding hydrogens is 419 g/mol. The largest absolute Gasteiger partial charge is 0.494 e. The van der Waals surface area contributed by atoms with E-state index in [-0.39, 0.29) is 49.2 Å². The average Bonchev–Trinajstić information content (AvgIpc) is 2.65. The highest BCUT2D eigenvalue weighted by atomic mass is 35.5. The molecule has 1 fully saturated rings. The van der Waals surface area contributed by atoms with E-state index < -0.39 is 25.1 Å². The number of amides is 1. The van der Waals surface area contributed by atoms with E-state index in [4.69, 9.17) is 4.74 Å². The van der Waals surface area contributed by atoms with E-state index in [9.17, 15) is 26.7 Å². The second-order valence-corrected chi connectivity index (χ2v) is 6.84. The topological polar surface area (TPSA) is 41.6 Å². The van der Waals surface area contributed by atoms with Crippen LogP contribution in [0.15, 0.2) is 24.3 Å². The number of piperidine rings is 1. The molecule has 1 aliphatic rings. The minimum Gasteiger partial charge on any atom is -0.494 e. The second kappa shape index (κ2) is 11.5. The zero-order valence-corrected chi connectivity index (χ0v) is 16.8. The molecule has 10 heteroatoms. The smallest absolute Gasteiger partial charge is 0.389 e. The van der Waals surface area contributed by atoms with E-state index >= 15 is 0 Å². The number of halogens is 6. The van der Waals surface area contributed by atoms with Gasteiger partial charge in [-0.3, -0.25) is 4.79 Å². The van der Waals surface area contributed by atoms with Gasteiger partial charge in [0.25, 0.3) is 5.92 Å². The Labute approximate surface area is 173 Å². The fourth-order valence-electron chi connectivity index (χ4n) is 2.96. The molecule has 1 aromatic rings. The third-order valence-electron chi connectivity index (χ3n) is 4.46. The van der Waals surface area contributed by atoms with Gasteiger partial charge in [0.05, 0.1) is 19.7 Å². The Morgan fingerprint density at radius 3 is 2.45 bits per heavy atom. The molecule has 0 aliphatic carbocycles. The van der Waals surface area contributed by atoms with Gasteiger partial charge in [0.2, 0.25) is 5.91 Å². The molecule has 1 aromatic carbocycles. The highest BCUT2D eigenvalue weighted by Crippen LogP contribution is 2.30. The molecule has 0 atom stereocenters.